The topological polar surface area (TPSA) is 92.9 Å². The van der Waals surface area contributed by atoms with Crippen molar-refractivity contribution in [1.29, 1.82) is 0 Å². The number of nitrogens with zero attached hydrogens (tertiary/aromatic N) is 1. The first kappa shape index (κ1) is 12.5. The van der Waals surface area contributed by atoms with Gasteiger partial charge in [0.25, 0.3) is 5.91 Å². The smallest absolute Gasteiger partial charge is 0.337 e. The number of rotatable bonds is 2. The summed E-state index contributed by atoms with van der Waals surface area (Å²) in [5.74, 6) is -0.996. The van der Waals surface area contributed by atoms with Crippen molar-refractivity contribution in [3.05, 3.63) is 29.3 Å². The molecule has 1 amide bonds. The molecule has 6 heteroatoms. The number of nitrogens with two attached hydrogens (primary N) is 1. The van der Waals surface area contributed by atoms with E-state index in [9.17, 15) is 14.7 Å². The molecule has 1 aliphatic heterocycles. The number of fused-ring (bicyclic) bond motifs is 1. The highest BCUT2D eigenvalue weighted by Gasteiger charge is 2.47. The maximum absolute atomic E-state index is 11.9. The van der Waals surface area contributed by atoms with E-state index in [0.29, 0.717) is 16.8 Å². The van der Waals surface area contributed by atoms with Gasteiger partial charge in [-0.25, -0.2) is 4.79 Å². The molecule has 6 nitrogen and oxygen atoms in total. The average Bonchev–Trinajstić information content (AvgIpc) is 2.60. The number of amides is 1. The quantitative estimate of drug-likeness (QED) is 0.696. The van der Waals surface area contributed by atoms with Gasteiger partial charge >= 0.3 is 5.97 Å². The number of benzene rings is 1. The molecule has 0 aromatic heterocycles. The third kappa shape index (κ3) is 1.50. The van der Waals surface area contributed by atoms with Gasteiger partial charge in [0.1, 0.15) is 0 Å². The van der Waals surface area contributed by atoms with E-state index in [4.69, 9.17) is 5.73 Å². The van der Waals surface area contributed by atoms with Crippen LogP contribution >= 0.6 is 0 Å². The van der Waals surface area contributed by atoms with E-state index in [2.05, 4.69) is 4.74 Å². The molecule has 0 bridgehead atoms. The van der Waals surface area contributed by atoms with Gasteiger partial charge in [0, 0.05) is 19.2 Å². The van der Waals surface area contributed by atoms with Crippen molar-refractivity contribution in [3.8, 4) is 0 Å². The molecule has 96 valence electrons. The highest BCUT2D eigenvalue weighted by molar-refractivity contribution is 6.07. The molecule has 0 saturated carbocycles. The molecule has 0 aliphatic carbocycles. The molecule has 1 heterocycles. The Labute approximate surface area is 104 Å². The Morgan fingerprint density at radius 3 is 2.78 bits per heavy atom. The number of likely N-dealkylation sites (N-methyl/N-ethyl adjacent to an activating group) is 1. The number of hydrogen-bond acceptors (Lipinski definition) is 5. The lowest BCUT2D eigenvalue weighted by Crippen LogP contribution is -2.44. The lowest BCUT2D eigenvalue weighted by Gasteiger charge is -2.19. The first-order valence-electron chi connectivity index (χ1n) is 5.39. The SMILES string of the molecule is COC(=O)c1ccc2c(c1)N(C)C(=O)C2(O)CN. The highest BCUT2D eigenvalue weighted by atomic mass is 16.5. The van der Waals surface area contributed by atoms with Crippen molar-refractivity contribution in [2.45, 2.75) is 5.60 Å². The molecule has 1 atom stereocenters. The third-order valence-electron chi connectivity index (χ3n) is 3.18. The third-order valence-corrected chi connectivity index (χ3v) is 3.18. The summed E-state index contributed by atoms with van der Waals surface area (Å²) in [5, 5.41) is 10.2. The predicted molar refractivity (Wildman–Crippen MR) is 64.1 cm³/mol. The van der Waals surface area contributed by atoms with E-state index in [-0.39, 0.29) is 6.54 Å². The molecular formula is C12H14N2O4. The fourth-order valence-corrected chi connectivity index (χ4v) is 2.10. The van der Waals surface area contributed by atoms with Crippen LogP contribution in [0.3, 0.4) is 0 Å². The van der Waals surface area contributed by atoms with Gasteiger partial charge in [-0.2, -0.15) is 0 Å². The predicted octanol–water partition coefficient (Wildman–Crippen LogP) is -0.404. The van der Waals surface area contributed by atoms with Crippen LogP contribution < -0.4 is 10.6 Å². The van der Waals surface area contributed by atoms with Gasteiger partial charge in [-0.15, -0.1) is 0 Å². The van der Waals surface area contributed by atoms with Gasteiger partial charge in [-0.1, -0.05) is 6.07 Å². The Bertz CT molecular complexity index is 529. The Kier molecular flexibility index (Phi) is 2.84. The summed E-state index contributed by atoms with van der Waals surface area (Å²) in [6.07, 6.45) is 0. The van der Waals surface area contributed by atoms with E-state index in [1.807, 2.05) is 0 Å². The molecule has 1 aromatic carbocycles. The number of anilines is 1. The molecule has 3 N–H and O–H groups in total. The van der Waals surface area contributed by atoms with E-state index >= 15 is 0 Å². The van der Waals surface area contributed by atoms with Gasteiger partial charge in [0.2, 0.25) is 0 Å². The van der Waals surface area contributed by atoms with Crippen LogP contribution in [0.25, 0.3) is 0 Å². The lowest BCUT2D eigenvalue weighted by molar-refractivity contribution is -0.134. The zero-order valence-electron chi connectivity index (χ0n) is 10.1. The first-order valence-corrected chi connectivity index (χ1v) is 5.39. The molecule has 18 heavy (non-hydrogen) atoms. The second-order valence-corrected chi connectivity index (χ2v) is 4.15. The van der Waals surface area contributed by atoms with Crippen molar-refractivity contribution in [3.63, 3.8) is 0 Å². The van der Waals surface area contributed by atoms with Crippen LogP contribution in [0.5, 0.6) is 0 Å². The molecule has 2 rings (SSSR count). The summed E-state index contributed by atoms with van der Waals surface area (Å²) >= 11 is 0. The van der Waals surface area contributed by atoms with Crippen LogP contribution in [0.2, 0.25) is 0 Å². The van der Waals surface area contributed by atoms with Crippen LogP contribution in [0, 0.1) is 0 Å². The Morgan fingerprint density at radius 1 is 1.56 bits per heavy atom. The van der Waals surface area contributed by atoms with E-state index < -0.39 is 17.5 Å². The minimum Gasteiger partial charge on any atom is -0.465 e. The van der Waals surface area contributed by atoms with Gasteiger partial charge < -0.3 is 20.5 Å². The van der Waals surface area contributed by atoms with Crippen LogP contribution in [-0.2, 0) is 15.1 Å². The lowest BCUT2D eigenvalue weighted by atomic mass is 9.95. The van der Waals surface area contributed by atoms with Gasteiger partial charge in [-0.3, -0.25) is 4.79 Å². The standard InChI is InChI=1S/C12H14N2O4/c1-14-9-5-7(10(15)18-2)3-4-8(9)12(17,6-13)11(14)16/h3-5,17H,6,13H2,1-2H3. The largest absolute Gasteiger partial charge is 0.465 e. The van der Waals surface area contributed by atoms with Crippen LogP contribution in [0.4, 0.5) is 5.69 Å². The van der Waals surface area contributed by atoms with E-state index in [1.54, 1.807) is 0 Å². The number of ether oxygens (including phenoxy) is 1. The van der Waals surface area contributed by atoms with Gasteiger partial charge in [0.05, 0.1) is 18.4 Å². The monoisotopic (exact) mass is 250 g/mol. The summed E-state index contributed by atoms with van der Waals surface area (Å²) in [4.78, 5) is 24.7. The van der Waals surface area contributed by atoms with E-state index in [1.165, 1.54) is 37.3 Å². The maximum Gasteiger partial charge on any atom is 0.337 e. The number of aliphatic hydroxyl groups is 1. The van der Waals surface area contributed by atoms with Crippen LogP contribution in [-0.4, -0.2) is 37.7 Å². The van der Waals surface area contributed by atoms with Crippen molar-refractivity contribution in [2.24, 2.45) is 5.73 Å². The number of methoxy groups -OCH3 is 1. The minimum atomic E-state index is -1.71. The van der Waals surface area contributed by atoms with Crippen molar-refractivity contribution in [1.82, 2.24) is 0 Å². The van der Waals surface area contributed by atoms with Crippen LogP contribution in [0.15, 0.2) is 18.2 Å². The Morgan fingerprint density at radius 2 is 2.22 bits per heavy atom. The summed E-state index contributed by atoms with van der Waals surface area (Å²) in [6.45, 7) is -0.208. The van der Waals surface area contributed by atoms with Crippen molar-refractivity contribution >= 4 is 17.6 Å². The average molecular weight is 250 g/mol. The fourth-order valence-electron chi connectivity index (χ4n) is 2.10. The molecule has 0 spiro atoms. The fraction of sp³-hybridized carbons (Fsp3) is 0.333. The van der Waals surface area contributed by atoms with Gasteiger partial charge in [-0.05, 0) is 12.1 Å². The Hall–Kier alpha value is -1.92. The van der Waals surface area contributed by atoms with Crippen molar-refractivity contribution < 1.29 is 19.4 Å². The number of hydrogen-bond donors (Lipinski definition) is 2. The molecular weight excluding hydrogens is 236 g/mol. The first-order chi connectivity index (χ1) is 8.45. The van der Waals surface area contributed by atoms with Crippen LogP contribution in [0.1, 0.15) is 15.9 Å². The number of carbonyl (C=O) groups is 2. The minimum absolute atomic E-state index is 0.208. The van der Waals surface area contributed by atoms with Gasteiger partial charge in [0.15, 0.2) is 5.60 Å². The van der Waals surface area contributed by atoms with Crippen molar-refractivity contribution in [2.75, 3.05) is 25.6 Å². The molecule has 0 radical (unpaired) electrons. The molecule has 0 fully saturated rings. The Balaban J connectivity index is 2.57. The highest BCUT2D eigenvalue weighted by Crippen LogP contribution is 2.39. The zero-order valence-corrected chi connectivity index (χ0v) is 10.1. The summed E-state index contributed by atoms with van der Waals surface area (Å²) < 4.78 is 4.61. The molecule has 0 saturated heterocycles. The second-order valence-electron chi connectivity index (χ2n) is 4.15. The number of esters is 1. The number of carbonyl (C=O) groups excluding carboxylic acids is 2. The summed E-state index contributed by atoms with van der Waals surface area (Å²) in [7, 11) is 2.80. The summed E-state index contributed by atoms with van der Waals surface area (Å²) in [5.41, 5.74) is 4.95. The zero-order chi connectivity index (χ0) is 13.5. The van der Waals surface area contributed by atoms with E-state index in [0.717, 1.165) is 0 Å². The summed E-state index contributed by atoms with van der Waals surface area (Å²) in [6, 6.07) is 4.53. The molecule has 1 unspecified atom stereocenters. The molecule has 1 aliphatic rings. The second kappa shape index (κ2) is 4.08. The molecule has 1 aromatic rings. The normalized spacial score (nSPS) is 22.0. The maximum atomic E-state index is 11.9.